The van der Waals surface area contributed by atoms with Gasteiger partial charge in [-0.05, 0) is 32.6 Å². The number of hydrogen-bond donors (Lipinski definition) is 2. The van der Waals surface area contributed by atoms with Crippen molar-refractivity contribution >= 4 is 12.0 Å². The van der Waals surface area contributed by atoms with E-state index in [1.54, 1.807) is 4.90 Å². The van der Waals surface area contributed by atoms with Crippen LogP contribution in [-0.2, 0) is 9.53 Å². The number of ether oxygens (including phenoxy) is 1. The number of likely N-dealkylation sites (tertiary alicyclic amines) is 1. The van der Waals surface area contributed by atoms with Crippen LogP contribution in [0.2, 0.25) is 0 Å². The number of nitrogens with zero attached hydrogens (tertiary/aromatic N) is 1. The molecule has 0 unspecified atom stereocenters. The van der Waals surface area contributed by atoms with Gasteiger partial charge in [-0.2, -0.15) is 0 Å². The van der Waals surface area contributed by atoms with Gasteiger partial charge in [-0.3, -0.25) is 10.1 Å². The minimum Gasteiger partial charge on any atom is -0.453 e. The molecule has 1 saturated heterocycles. The normalized spacial score (nSPS) is 26.6. The van der Waals surface area contributed by atoms with E-state index in [2.05, 4.69) is 10.1 Å². The Kier molecular flexibility index (Phi) is 3.47. The molecule has 1 saturated carbocycles. The number of methoxy groups -OCH3 is 1. The Hall–Kier alpha value is -1.30. The first-order valence-electron chi connectivity index (χ1n) is 6.45. The van der Waals surface area contributed by atoms with E-state index in [4.69, 9.17) is 5.73 Å². The number of alkyl carbamates (subject to hydrolysis) is 1. The molecule has 2 atom stereocenters. The van der Waals surface area contributed by atoms with E-state index in [9.17, 15) is 9.59 Å². The summed E-state index contributed by atoms with van der Waals surface area (Å²) in [6.45, 7) is 2.73. The maximum atomic E-state index is 12.5. The summed E-state index contributed by atoms with van der Waals surface area (Å²) in [7, 11) is 1.27. The average molecular weight is 255 g/mol. The van der Waals surface area contributed by atoms with Crippen LogP contribution >= 0.6 is 0 Å². The molecule has 0 spiro atoms. The van der Waals surface area contributed by atoms with E-state index < -0.39 is 11.8 Å². The molecule has 2 rings (SSSR count). The summed E-state index contributed by atoms with van der Waals surface area (Å²) in [5.74, 6) is -0.155. The van der Waals surface area contributed by atoms with Crippen molar-refractivity contribution in [3.8, 4) is 0 Å². The quantitative estimate of drug-likeness (QED) is 0.716. The molecule has 0 aromatic rings. The van der Waals surface area contributed by atoms with Gasteiger partial charge < -0.3 is 15.4 Å². The molecule has 18 heavy (non-hydrogen) atoms. The van der Waals surface area contributed by atoms with Gasteiger partial charge >= 0.3 is 6.09 Å². The Labute approximate surface area is 107 Å². The number of hydrogen-bond acceptors (Lipinski definition) is 4. The number of nitrogens with one attached hydrogen (secondary N) is 1. The van der Waals surface area contributed by atoms with Crippen molar-refractivity contribution in [1.29, 1.82) is 0 Å². The van der Waals surface area contributed by atoms with Gasteiger partial charge in [-0.15, -0.1) is 0 Å². The number of carbonyl (C=O) groups is 2. The molecule has 6 heteroatoms. The molecule has 102 valence electrons. The van der Waals surface area contributed by atoms with E-state index in [1.165, 1.54) is 7.11 Å². The summed E-state index contributed by atoms with van der Waals surface area (Å²) in [5, 5.41) is 2.53. The molecule has 1 heterocycles. The fourth-order valence-electron chi connectivity index (χ4n) is 2.56. The van der Waals surface area contributed by atoms with Crippen LogP contribution in [0.15, 0.2) is 0 Å². The molecule has 0 aromatic carbocycles. The molecule has 0 bridgehead atoms. The van der Waals surface area contributed by atoms with Crippen LogP contribution < -0.4 is 11.1 Å². The summed E-state index contributed by atoms with van der Waals surface area (Å²) in [5.41, 5.74) is 4.86. The van der Waals surface area contributed by atoms with E-state index in [0.29, 0.717) is 6.54 Å². The fraction of sp³-hybridized carbons (Fsp3) is 0.833. The van der Waals surface area contributed by atoms with Crippen molar-refractivity contribution in [2.24, 2.45) is 11.7 Å². The Morgan fingerprint density at radius 3 is 2.50 bits per heavy atom. The number of carbonyl (C=O) groups excluding carboxylic acids is 2. The molecule has 2 fully saturated rings. The van der Waals surface area contributed by atoms with Crippen molar-refractivity contribution in [2.45, 2.75) is 44.3 Å². The first-order valence-corrected chi connectivity index (χ1v) is 6.45. The third-order valence-corrected chi connectivity index (χ3v) is 3.88. The Bertz CT molecular complexity index is 356. The largest absolute Gasteiger partial charge is 0.453 e. The lowest BCUT2D eigenvalue weighted by Crippen LogP contribution is -2.67. The standard InChI is InChI=1S/C12H21N3O3/c1-8-4-3-7-15(8)10(16)12(13,9-5-6-9)14-11(17)18-2/h8-9H,3-7,13H2,1-2H3,(H,14,17)/t8-,12+/m1/s1. The zero-order valence-corrected chi connectivity index (χ0v) is 10.9. The molecule has 0 radical (unpaired) electrons. The summed E-state index contributed by atoms with van der Waals surface area (Å²) in [4.78, 5) is 25.7. The number of rotatable bonds is 3. The van der Waals surface area contributed by atoms with Gasteiger partial charge in [0.05, 0.1) is 7.11 Å². The van der Waals surface area contributed by atoms with Crippen LogP contribution in [0, 0.1) is 5.92 Å². The second-order valence-electron chi connectivity index (χ2n) is 5.25. The van der Waals surface area contributed by atoms with Gasteiger partial charge in [0.15, 0.2) is 5.66 Å². The van der Waals surface area contributed by atoms with Gasteiger partial charge in [-0.25, -0.2) is 4.79 Å². The van der Waals surface area contributed by atoms with Gasteiger partial charge in [0.25, 0.3) is 5.91 Å². The van der Waals surface area contributed by atoms with Crippen molar-refractivity contribution in [3.63, 3.8) is 0 Å². The first-order chi connectivity index (χ1) is 8.49. The predicted molar refractivity (Wildman–Crippen MR) is 65.6 cm³/mol. The summed E-state index contributed by atoms with van der Waals surface area (Å²) >= 11 is 0. The highest BCUT2D eigenvalue weighted by molar-refractivity contribution is 5.90. The van der Waals surface area contributed by atoms with Gasteiger partial charge in [-0.1, -0.05) is 0 Å². The molecule has 1 aliphatic heterocycles. The minimum atomic E-state index is -1.30. The van der Waals surface area contributed by atoms with E-state index in [1.807, 2.05) is 6.92 Å². The second-order valence-corrected chi connectivity index (χ2v) is 5.25. The fourth-order valence-corrected chi connectivity index (χ4v) is 2.56. The number of amides is 2. The molecule has 6 nitrogen and oxygen atoms in total. The zero-order chi connectivity index (χ0) is 13.3. The lowest BCUT2D eigenvalue weighted by Gasteiger charge is -2.34. The third kappa shape index (κ3) is 2.29. The SMILES string of the molecule is COC(=O)N[C@](N)(C(=O)N1CCC[C@H]1C)C1CC1. The Morgan fingerprint density at radius 1 is 1.39 bits per heavy atom. The van der Waals surface area contributed by atoms with Crippen molar-refractivity contribution in [3.05, 3.63) is 0 Å². The van der Waals surface area contributed by atoms with Gasteiger partial charge in [0.1, 0.15) is 0 Å². The Morgan fingerprint density at radius 2 is 2.06 bits per heavy atom. The minimum absolute atomic E-state index is 0.0249. The van der Waals surface area contributed by atoms with Crippen molar-refractivity contribution in [1.82, 2.24) is 10.2 Å². The van der Waals surface area contributed by atoms with Crippen LogP contribution in [0.1, 0.15) is 32.6 Å². The predicted octanol–water partition coefficient (Wildman–Crippen LogP) is 0.418. The topological polar surface area (TPSA) is 84.7 Å². The molecule has 0 aromatic heterocycles. The highest BCUT2D eigenvalue weighted by Crippen LogP contribution is 2.38. The molecule has 2 aliphatic rings. The molecular formula is C12H21N3O3. The first kappa shape index (κ1) is 13.1. The summed E-state index contributed by atoms with van der Waals surface area (Å²) < 4.78 is 4.56. The zero-order valence-electron chi connectivity index (χ0n) is 10.9. The highest BCUT2D eigenvalue weighted by atomic mass is 16.5. The van der Waals surface area contributed by atoms with Gasteiger partial charge in [0.2, 0.25) is 0 Å². The smallest absolute Gasteiger partial charge is 0.408 e. The van der Waals surface area contributed by atoms with Crippen molar-refractivity contribution in [2.75, 3.05) is 13.7 Å². The molecule has 2 amide bonds. The maximum absolute atomic E-state index is 12.5. The average Bonchev–Trinajstić information content (AvgIpc) is 3.12. The number of nitrogens with two attached hydrogens (primary N) is 1. The second kappa shape index (κ2) is 4.76. The summed E-state index contributed by atoms with van der Waals surface area (Å²) in [6, 6.07) is 0.193. The molecule has 1 aliphatic carbocycles. The summed E-state index contributed by atoms with van der Waals surface area (Å²) in [6.07, 6.45) is 3.07. The van der Waals surface area contributed by atoms with Crippen LogP contribution in [0.4, 0.5) is 4.79 Å². The lowest BCUT2D eigenvalue weighted by atomic mass is 10.0. The van der Waals surface area contributed by atoms with Crippen LogP contribution in [0.5, 0.6) is 0 Å². The van der Waals surface area contributed by atoms with E-state index in [0.717, 1.165) is 25.7 Å². The van der Waals surface area contributed by atoms with E-state index >= 15 is 0 Å². The molecule has 3 N–H and O–H groups in total. The monoisotopic (exact) mass is 255 g/mol. The van der Waals surface area contributed by atoms with Gasteiger partial charge in [0, 0.05) is 18.5 Å². The van der Waals surface area contributed by atoms with Crippen LogP contribution in [0.25, 0.3) is 0 Å². The lowest BCUT2D eigenvalue weighted by molar-refractivity contribution is -0.139. The van der Waals surface area contributed by atoms with E-state index in [-0.39, 0.29) is 17.9 Å². The Balaban J connectivity index is 2.13. The maximum Gasteiger partial charge on any atom is 0.408 e. The van der Waals surface area contributed by atoms with Crippen LogP contribution in [-0.4, -0.2) is 42.3 Å². The third-order valence-electron chi connectivity index (χ3n) is 3.88. The highest BCUT2D eigenvalue weighted by Gasteiger charge is 2.52. The molecular weight excluding hydrogens is 234 g/mol. The van der Waals surface area contributed by atoms with Crippen molar-refractivity contribution < 1.29 is 14.3 Å². The van der Waals surface area contributed by atoms with Crippen LogP contribution in [0.3, 0.4) is 0 Å².